The van der Waals surface area contributed by atoms with Gasteiger partial charge in [-0.3, -0.25) is 4.79 Å². The molecule has 3 heteroatoms. The van der Waals surface area contributed by atoms with Crippen molar-refractivity contribution in [3.8, 4) is 0 Å². The van der Waals surface area contributed by atoms with Gasteiger partial charge in [0.05, 0.1) is 0 Å². The predicted octanol–water partition coefficient (Wildman–Crippen LogP) is 0.205. The lowest BCUT2D eigenvalue weighted by Crippen LogP contribution is -2.14. The predicted molar refractivity (Wildman–Crippen MR) is 44.7 cm³/mol. The van der Waals surface area contributed by atoms with Crippen LogP contribution in [0.1, 0.15) is 15.9 Å². The van der Waals surface area contributed by atoms with Crippen molar-refractivity contribution in [2.75, 3.05) is 0 Å². The fourth-order valence-corrected chi connectivity index (χ4v) is 0.894. The molecule has 1 rings (SSSR count). The fourth-order valence-electron chi connectivity index (χ4n) is 0.894. The van der Waals surface area contributed by atoms with E-state index in [1.165, 1.54) is 6.07 Å². The van der Waals surface area contributed by atoms with E-state index in [2.05, 4.69) is 0 Å². The number of hydrogen-bond acceptors (Lipinski definition) is 1. The maximum Gasteiger partial charge on any atom is 0.152 e. The van der Waals surface area contributed by atoms with E-state index in [0.717, 1.165) is 5.56 Å². The average molecular weight is 150 g/mol. The fraction of sp³-hybridized carbons (Fsp3) is 0.125. The molecule has 0 fully saturated rings. The highest BCUT2D eigenvalue weighted by atomic mass is 19.1. The Morgan fingerprint density at radius 2 is 2.18 bits per heavy atom. The zero-order chi connectivity index (χ0) is 8.43. The van der Waals surface area contributed by atoms with Crippen molar-refractivity contribution in [1.82, 2.24) is 0 Å². The van der Waals surface area contributed by atoms with E-state index in [9.17, 15) is 9.18 Å². The van der Waals surface area contributed by atoms with Crippen LogP contribution in [-0.2, 0) is 0 Å². The van der Waals surface area contributed by atoms with Gasteiger partial charge in [-0.25, -0.2) is 4.39 Å². The first kappa shape index (κ1) is 7.99. The molecule has 1 aromatic rings. The van der Waals surface area contributed by atoms with Crippen LogP contribution in [0, 0.1) is 12.7 Å². The molecule has 0 aromatic heterocycles. The summed E-state index contributed by atoms with van der Waals surface area (Å²) in [6.45, 7) is 1.81. The van der Waals surface area contributed by atoms with Crippen LogP contribution in [0.4, 0.5) is 4.39 Å². The highest BCUT2D eigenvalue weighted by molar-refractivity contribution is 6.33. The number of aldehydes is 1. The normalized spacial score (nSPS) is 9.64. The van der Waals surface area contributed by atoms with Gasteiger partial charge in [0.25, 0.3) is 0 Å². The Bertz CT molecular complexity index is 296. The van der Waals surface area contributed by atoms with Crippen LogP contribution in [0.3, 0.4) is 0 Å². The maximum absolute atomic E-state index is 13.0. The first-order chi connectivity index (χ1) is 5.16. The lowest BCUT2D eigenvalue weighted by molar-refractivity contribution is 0.112. The van der Waals surface area contributed by atoms with Crippen molar-refractivity contribution in [3.63, 3.8) is 0 Å². The Balaban J connectivity index is 3.36. The minimum atomic E-state index is -0.403. The van der Waals surface area contributed by atoms with Crippen LogP contribution in [0.2, 0.25) is 0 Å². The molecule has 0 radical (unpaired) electrons. The van der Waals surface area contributed by atoms with Crippen molar-refractivity contribution in [3.05, 3.63) is 29.1 Å². The second-order valence-electron chi connectivity index (χ2n) is 2.53. The zero-order valence-electron chi connectivity index (χ0n) is 6.52. The molecule has 0 saturated heterocycles. The number of carbonyl (C=O) groups excluding carboxylic acids is 1. The molecule has 0 heterocycles. The van der Waals surface area contributed by atoms with Crippen LogP contribution in [0.25, 0.3) is 0 Å². The Hall–Kier alpha value is -1.12. The minimum absolute atomic E-state index is 0.133. The molecule has 0 amide bonds. The summed E-state index contributed by atoms with van der Waals surface area (Å²) in [5, 5.41) is 0. The Morgan fingerprint density at radius 3 is 2.73 bits per heavy atom. The van der Waals surface area contributed by atoms with Gasteiger partial charge in [0.15, 0.2) is 6.29 Å². The molecule has 1 aromatic carbocycles. The minimum Gasteiger partial charge on any atom is -0.298 e. The maximum atomic E-state index is 13.0. The van der Waals surface area contributed by atoms with E-state index >= 15 is 0 Å². The molecule has 0 saturated carbocycles. The zero-order valence-corrected chi connectivity index (χ0v) is 6.52. The number of aryl methyl sites for hydroxylation is 1. The third kappa shape index (κ3) is 1.32. The van der Waals surface area contributed by atoms with Crippen LogP contribution in [0.15, 0.2) is 12.1 Å². The molecule has 0 bridgehead atoms. The Labute approximate surface area is 65.6 Å². The third-order valence-corrected chi connectivity index (χ3v) is 1.81. The molecule has 0 aliphatic heterocycles. The Kier molecular flexibility index (Phi) is 2.08. The van der Waals surface area contributed by atoms with Crippen molar-refractivity contribution in [2.24, 2.45) is 0 Å². The molecule has 0 spiro atoms. The Morgan fingerprint density at radius 1 is 1.55 bits per heavy atom. The van der Waals surface area contributed by atoms with E-state index in [1.54, 1.807) is 13.9 Å². The number of halogens is 1. The van der Waals surface area contributed by atoms with Crippen molar-refractivity contribution in [2.45, 2.75) is 6.92 Å². The van der Waals surface area contributed by atoms with Gasteiger partial charge < -0.3 is 0 Å². The first-order valence-corrected chi connectivity index (χ1v) is 3.37. The summed E-state index contributed by atoms with van der Waals surface area (Å²) < 4.78 is 13.0. The molecular formula is C8H8BFO. The van der Waals surface area contributed by atoms with E-state index in [1.807, 2.05) is 6.92 Å². The summed E-state index contributed by atoms with van der Waals surface area (Å²) in [5.41, 5.74) is 1.55. The monoisotopic (exact) mass is 150 g/mol. The highest BCUT2D eigenvalue weighted by Crippen LogP contribution is 2.03. The van der Waals surface area contributed by atoms with E-state index in [-0.39, 0.29) is 5.56 Å². The summed E-state index contributed by atoms with van der Waals surface area (Å²) >= 11 is 0. The van der Waals surface area contributed by atoms with Gasteiger partial charge in [-0.15, -0.1) is 0 Å². The van der Waals surface area contributed by atoms with Crippen LogP contribution in [-0.4, -0.2) is 14.1 Å². The number of rotatable bonds is 1. The second kappa shape index (κ2) is 2.87. The molecule has 1 nitrogen and oxygen atoms in total. The molecule has 0 aliphatic carbocycles. The SMILES string of the molecule is Bc1c(C)ccc(C=O)c1F. The lowest BCUT2D eigenvalue weighted by Gasteiger charge is -2.02. The third-order valence-electron chi connectivity index (χ3n) is 1.81. The summed E-state index contributed by atoms with van der Waals surface area (Å²) in [7, 11) is 1.66. The summed E-state index contributed by atoms with van der Waals surface area (Å²) in [6.07, 6.45) is 0.530. The largest absolute Gasteiger partial charge is 0.298 e. The highest BCUT2D eigenvalue weighted by Gasteiger charge is 2.04. The topological polar surface area (TPSA) is 17.1 Å². The van der Waals surface area contributed by atoms with Crippen LogP contribution < -0.4 is 5.46 Å². The summed E-state index contributed by atoms with van der Waals surface area (Å²) in [6, 6.07) is 3.23. The van der Waals surface area contributed by atoms with Gasteiger partial charge in [-0.05, 0) is 13.0 Å². The second-order valence-corrected chi connectivity index (χ2v) is 2.53. The van der Waals surface area contributed by atoms with E-state index in [0.29, 0.717) is 11.7 Å². The smallest absolute Gasteiger partial charge is 0.152 e. The molecule has 0 N–H and O–H groups in total. The lowest BCUT2D eigenvalue weighted by atomic mass is 9.89. The van der Waals surface area contributed by atoms with Crippen molar-refractivity contribution >= 4 is 19.6 Å². The van der Waals surface area contributed by atoms with Gasteiger partial charge in [0, 0.05) is 5.56 Å². The summed E-state index contributed by atoms with van der Waals surface area (Å²) in [4.78, 5) is 10.3. The molecule has 0 unspecified atom stereocenters. The van der Waals surface area contributed by atoms with Gasteiger partial charge in [-0.1, -0.05) is 17.1 Å². The van der Waals surface area contributed by atoms with Crippen molar-refractivity contribution in [1.29, 1.82) is 0 Å². The van der Waals surface area contributed by atoms with Gasteiger partial charge in [0.2, 0.25) is 0 Å². The number of benzene rings is 1. The molecule has 11 heavy (non-hydrogen) atoms. The standard InChI is InChI=1S/C8H8BFO/c1-5-2-3-6(4-11)8(10)7(5)9/h2-4H,9H2,1H3. The number of carbonyl (C=O) groups is 1. The average Bonchev–Trinajstić information content (AvgIpc) is 2.01. The van der Waals surface area contributed by atoms with E-state index < -0.39 is 5.82 Å². The molecular weight excluding hydrogens is 142 g/mol. The summed E-state index contributed by atoms with van der Waals surface area (Å²) in [5.74, 6) is -0.403. The number of hydrogen-bond donors (Lipinski definition) is 0. The van der Waals surface area contributed by atoms with E-state index in [4.69, 9.17) is 0 Å². The quantitative estimate of drug-likeness (QED) is 0.413. The van der Waals surface area contributed by atoms with Gasteiger partial charge >= 0.3 is 0 Å². The van der Waals surface area contributed by atoms with Gasteiger partial charge in [-0.2, -0.15) is 0 Å². The van der Waals surface area contributed by atoms with Gasteiger partial charge in [0.1, 0.15) is 13.7 Å². The first-order valence-electron chi connectivity index (χ1n) is 3.37. The van der Waals surface area contributed by atoms with Crippen LogP contribution >= 0.6 is 0 Å². The molecule has 0 aliphatic rings. The molecule has 0 atom stereocenters. The molecule has 56 valence electrons. The van der Waals surface area contributed by atoms with Crippen LogP contribution in [0.5, 0.6) is 0 Å². The van der Waals surface area contributed by atoms with Crippen molar-refractivity contribution < 1.29 is 9.18 Å².